The van der Waals surface area contributed by atoms with Crippen LogP contribution in [0, 0.1) is 5.92 Å². The highest BCUT2D eigenvalue weighted by atomic mass is 16.5. The molecule has 0 unspecified atom stereocenters. The molecule has 5 nitrogen and oxygen atoms in total. The number of fused-ring (bicyclic) bond motifs is 1. The van der Waals surface area contributed by atoms with Crippen LogP contribution in [0.4, 0.5) is 5.82 Å². The van der Waals surface area contributed by atoms with Gasteiger partial charge in [-0.2, -0.15) is 5.10 Å². The van der Waals surface area contributed by atoms with Crippen molar-refractivity contribution in [2.45, 2.75) is 12.8 Å². The molecule has 1 fully saturated rings. The van der Waals surface area contributed by atoms with Gasteiger partial charge in [-0.05, 0) is 37.1 Å². The van der Waals surface area contributed by atoms with Crippen LogP contribution in [-0.4, -0.2) is 36.2 Å². The molecule has 0 saturated carbocycles. The molecule has 0 N–H and O–H groups in total. The maximum absolute atomic E-state index is 12.8. The van der Waals surface area contributed by atoms with Crippen LogP contribution in [0.15, 0.2) is 54.7 Å². The minimum Gasteiger partial charge on any atom is -0.497 e. The number of hydrogen-bond donors (Lipinski definition) is 0. The van der Waals surface area contributed by atoms with Crippen molar-refractivity contribution < 1.29 is 9.53 Å². The number of methoxy groups -OCH3 is 1. The second kappa shape index (κ2) is 7.12. The minimum atomic E-state index is 0.0579. The fourth-order valence-electron chi connectivity index (χ4n) is 3.59. The normalized spacial score (nSPS) is 15.2. The van der Waals surface area contributed by atoms with Crippen molar-refractivity contribution in [3.63, 3.8) is 0 Å². The van der Waals surface area contributed by atoms with Gasteiger partial charge in [-0.25, -0.2) is 0 Å². The first-order chi connectivity index (χ1) is 12.8. The lowest BCUT2D eigenvalue weighted by Gasteiger charge is -2.32. The van der Waals surface area contributed by atoms with Crippen LogP contribution < -0.4 is 9.64 Å². The molecule has 3 aromatic rings. The molecule has 1 aromatic heterocycles. The highest BCUT2D eigenvalue weighted by Crippen LogP contribution is 2.29. The summed E-state index contributed by atoms with van der Waals surface area (Å²) in [6.45, 7) is 1.63. The van der Waals surface area contributed by atoms with Crippen LogP contribution in [-0.2, 0) is 0 Å². The Labute approximate surface area is 152 Å². The van der Waals surface area contributed by atoms with E-state index in [0.717, 1.165) is 53.8 Å². The number of carbonyl (C=O) groups excluding carboxylic acids is 1. The Bertz CT molecular complexity index is 911. The SMILES string of the molecule is COc1ccc(C(=O)C2CCN(c3nncc4ccccc34)CC2)cc1. The molecule has 132 valence electrons. The first-order valence-electron chi connectivity index (χ1n) is 8.90. The maximum Gasteiger partial charge on any atom is 0.166 e. The highest BCUT2D eigenvalue weighted by Gasteiger charge is 2.27. The zero-order valence-electron chi connectivity index (χ0n) is 14.8. The standard InChI is InChI=1S/C21H21N3O2/c1-26-18-8-6-15(7-9-18)20(25)16-10-12-24(13-11-16)21-19-5-3-2-4-17(19)14-22-23-21/h2-9,14,16H,10-13H2,1H3. The number of ether oxygens (including phenoxy) is 1. The van der Waals surface area contributed by atoms with Crippen molar-refractivity contribution in [2.75, 3.05) is 25.1 Å². The lowest BCUT2D eigenvalue weighted by molar-refractivity contribution is 0.0900. The fraction of sp³-hybridized carbons (Fsp3) is 0.286. The Kier molecular flexibility index (Phi) is 4.52. The van der Waals surface area contributed by atoms with E-state index in [9.17, 15) is 4.79 Å². The third-order valence-electron chi connectivity index (χ3n) is 5.09. The Hall–Kier alpha value is -2.95. The first kappa shape index (κ1) is 16.5. The van der Waals surface area contributed by atoms with Crippen LogP contribution in [0.2, 0.25) is 0 Å². The summed E-state index contributed by atoms with van der Waals surface area (Å²) < 4.78 is 5.16. The molecule has 5 heteroatoms. The smallest absolute Gasteiger partial charge is 0.166 e. The zero-order chi connectivity index (χ0) is 17.9. The lowest BCUT2D eigenvalue weighted by atomic mass is 9.89. The Morgan fingerprint density at radius 1 is 1.08 bits per heavy atom. The summed E-state index contributed by atoms with van der Waals surface area (Å²) in [4.78, 5) is 15.0. The van der Waals surface area contributed by atoms with E-state index in [1.54, 1.807) is 13.3 Å². The zero-order valence-corrected chi connectivity index (χ0v) is 14.8. The summed E-state index contributed by atoms with van der Waals surface area (Å²) in [5.74, 6) is 1.96. The summed E-state index contributed by atoms with van der Waals surface area (Å²) in [6.07, 6.45) is 3.45. The number of carbonyl (C=O) groups is 1. The number of rotatable bonds is 4. The number of anilines is 1. The molecule has 0 bridgehead atoms. The topological polar surface area (TPSA) is 55.3 Å². The quantitative estimate of drug-likeness (QED) is 0.673. The van der Waals surface area contributed by atoms with Crippen molar-refractivity contribution in [2.24, 2.45) is 5.92 Å². The van der Waals surface area contributed by atoms with Crippen LogP contribution >= 0.6 is 0 Å². The number of nitrogens with zero attached hydrogens (tertiary/aromatic N) is 3. The molecule has 0 atom stereocenters. The first-order valence-corrected chi connectivity index (χ1v) is 8.90. The summed E-state index contributed by atoms with van der Waals surface area (Å²) in [5, 5.41) is 10.7. The van der Waals surface area contributed by atoms with E-state index >= 15 is 0 Å². The van der Waals surface area contributed by atoms with E-state index < -0.39 is 0 Å². The lowest BCUT2D eigenvalue weighted by Crippen LogP contribution is -2.37. The van der Waals surface area contributed by atoms with Crippen molar-refractivity contribution in [1.29, 1.82) is 0 Å². The predicted molar refractivity (Wildman–Crippen MR) is 102 cm³/mol. The number of benzene rings is 2. The van der Waals surface area contributed by atoms with E-state index in [2.05, 4.69) is 21.2 Å². The van der Waals surface area contributed by atoms with E-state index in [0.29, 0.717) is 0 Å². The second-order valence-corrected chi connectivity index (χ2v) is 6.61. The van der Waals surface area contributed by atoms with Gasteiger partial charge in [0.2, 0.25) is 0 Å². The molecule has 26 heavy (non-hydrogen) atoms. The van der Waals surface area contributed by atoms with Crippen LogP contribution in [0.25, 0.3) is 10.8 Å². The molecule has 1 aliphatic heterocycles. The molecule has 0 aliphatic carbocycles. The molecule has 0 radical (unpaired) electrons. The van der Waals surface area contributed by atoms with Crippen molar-refractivity contribution in [3.05, 3.63) is 60.3 Å². The molecule has 2 aromatic carbocycles. The highest BCUT2D eigenvalue weighted by molar-refractivity contribution is 5.98. The van der Waals surface area contributed by atoms with Crippen LogP contribution in [0.5, 0.6) is 5.75 Å². The van der Waals surface area contributed by atoms with Gasteiger partial charge in [0.05, 0.1) is 13.3 Å². The van der Waals surface area contributed by atoms with Crippen molar-refractivity contribution in [3.8, 4) is 5.75 Å². The van der Waals surface area contributed by atoms with Gasteiger partial charge < -0.3 is 9.64 Å². The van der Waals surface area contributed by atoms with Gasteiger partial charge in [-0.1, -0.05) is 24.3 Å². The average molecular weight is 347 g/mol. The van der Waals surface area contributed by atoms with E-state index in [1.165, 1.54) is 0 Å². The number of aromatic nitrogens is 2. The number of piperidine rings is 1. The number of Topliss-reactive ketones (excluding diaryl/α,β-unsaturated/α-hetero) is 1. The molecule has 4 rings (SSSR count). The van der Waals surface area contributed by atoms with Gasteiger partial charge in [0.15, 0.2) is 11.6 Å². The van der Waals surface area contributed by atoms with E-state index in [4.69, 9.17) is 4.74 Å². The third kappa shape index (κ3) is 3.12. The van der Waals surface area contributed by atoms with Gasteiger partial charge in [0.1, 0.15) is 5.75 Å². The fourth-order valence-corrected chi connectivity index (χ4v) is 3.59. The predicted octanol–water partition coefficient (Wildman–Crippen LogP) is 3.74. The van der Waals surface area contributed by atoms with Crippen molar-refractivity contribution >= 4 is 22.4 Å². The van der Waals surface area contributed by atoms with Gasteiger partial charge in [-0.3, -0.25) is 4.79 Å². The molecular weight excluding hydrogens is 326 g/mol. The summed E-state index contributed by atoms with van der Waals surface area (Å²) in [7, 11) is 1.63. The Morgan fingerprint density at radius 3 is 2.54 bits per heavy atom. The average Bonchev–Trinajstić information content (AvgIpc) is 2.73. The monoisotopic (exact) mass is 347 g/mol. The molecule has 1 saturated heterocycles. The second-order valence-electron chi connectivity index (χ2n) is 6.61. The van der Waals surface area contributed by atoms with Gasteiger partial charge >= 0.3 is 0 Å². The molecule has 0 amide bonds. The Morgan fingerprint density at radius 2 is 1.81 bits per heavy atom. The van der Waals surface area contributed by atoms with Crippen molar-refractivity contribution in [1.82, 2.24) is 10.2 Å². The minimum absolute atomic E-state index is 0.0579. The molecule has 1 aliphatic rings. The molecule has 0 spiro atoms. The van der Waals surface area contributed by atoms with Crippen LogP contribution in [0.3, 0.4) is 0 Å². The molecule has 2 heterocycles. The summed E-state index contributed by atoms with van der Waals surface area (Å²) in [5.41, 5.74) is 0.759. The largest absolute Gasteiger partial charge is 0.497 e. The van der Waals surface area contributed by atoms with Gasteiger partial charge in [-0.15, -0.1) is 5.10 Å². The van der Waals surface area contributed by atoms with E-state index in [-0.39, 0.29) is 11.7 Å². The summed E-state index contributed by atoms with van der Waals surface area (Å²) >= 11 is 0. The van der Waals surface area contributed by atoms with Crippen LogP contribution in [0.1, 0.15) is 23.2 Å². The van der Waals surface area contributed by atoms with Gasteiger partial charge in [0.25, 0.3) is 0 Å². The van der Waals surface area contributed by atoms with E-state index in [1.807, 2.05) is 42.5 Å². The van der Waals surface area contributed by atoms with Gasteiger partial charge in [0, 0.05) is 35.3 Å². The number of ketones is 1. The summed E-state index contributed by atoms with van der Waals surface area (Å²) in [6, 6.07) is 15.5. The third-order valence-corrected chi connectivity index (χ3v) is 5.09. The maximum atomic E-state index is 12.8. The Balaban J connectivity index is 1.47. The molecular formula is C21H21N3O2. The number of hydrogen-bond acceptors (Lipinski definition) is 5.